The number of hydrogen-bond acceptors (Lipinski definition) is 2. The summed E-state index contributed by atoms with van der Waals surface area (Å²) in [5.41, 5.74) is 2.79. The zero-order valence-corrected chi connectivity index (χ0v) is 14.9. The number of hydrogen-bond donors (Lipinski definition) is 1. The van der Waals surface area contributed by atoms with Gasteiger partial charge < -0.3 is 5.32 Å². The summed E-state index contributed by atoms with van der Waals surface area (Å²) in [4.78, 5) is 15.0. The first-order valence-corrected chi connectivity index (χ1v) is 9.39. The third kappa shape index (κ3) is 3.94. The van der Waals surface area contributed by atoms with E-state index in [1.807, 2.05) is 42.5 Å². The number of anilines is 1. The van der Waals surface area contributed by atoms with E-state index in [0.717, 1.165) is 17.6 Å². The molecule has 0 radical (unpaired) electrons. The molecule has 0 atom stereocenters. The van der Waals surface area contributed by atoms with Crippen molar-refractivity contribution in [2.24, 2.45) is 0 Å². The van der Waals surface area contributed by atoms with Gasteiger partial charge in [-0.2, -0.15) is 0 Å². The van der Waals surface area contributed by atoms with Crippen LogP contribution in [0.3, 0.4) is 0 Å². The Bertz CT molecular complexity index is 895. The van der Waals surface area contributed by atoms with Gasteiger partial charge in [-0.15, -0.1) is 0 Å². The number of likely N-dealkylation sites (tertiary alicyclic amines) is 1. The van der Waals surface area contributed by atoms with Crippen LogP contribution >= 0.6 is 0 Å². The van der Waals surface area contributed by atoms with Gasteiger partial charge in [-0.25, -0.2) is 0 Å². The zero-order valence-electron chi connectivity index (χ0n) is 14.9. The molecule has 1 aliphatic heterocycles. The molecule has 0 aromatic heterocycles. The normalized spacial score (nSPS) is 15.1. The van der Waals surface area contributed by atoms with Crippen molar-refractivity contribution in [3.63, 3.8) is 0 Å². The number of nitrogens with zero attached hydrogens (tertiary/aromatic N) is 1. The lowest BCUT2D eigenvalue weighted by Gasteiger charge is -2.26. The number of carbonyl (C=O) groups is 1. The maximum atomic E-state index is 12.5. The van der Waals surface area contributed by atoms with Gasteiger partial charge in [0.2, 0.25) is 0 Å². The van der Waals surface area contributed by atoms with E-state index >= 15 is 0 Å². The predicted octanol–water partition coefficient (Wildman–Crippen LogP) is 5.08. The number of carbonyl (C=O) groups excluding carboxylic acids is 1. The molecule has 0 spiro atoms. The smallest absolute Gasteiger partial charge is 0.255 e. The average molecular weight is 344 g/mol. The fraction of sp³-hybridized carbons (Fsp3) is 0.261. The largest absolute Gasteiger partial charge is 0.322 e. The van der Waals surface area contributed by atoms with Crippen LogP contribution in [0.25, 0.3) is 10.8 Å². The minimum atomic E-state index is -0.0650. The van der Waals surface area contributed by atoms with Crippen LogP contribution in [0.15, 0.2) is 66.7 Å². The number of amides is 1. The van der Waals surface area contributed by atoms with E-state index in [2.05, 4.69) is 34.5 Å². The molecule has 3 heteroatoms. The van der Waals surface area contributed by atoms with Crippen molar-refractivity contribution in [1.82, 2.24) is 4.90 Å². The van der Waals surface area contributed by atoms with Crippen LogP contribution in [-0.2, 0) is 6.54 Å². The van der Waals surface area contributed by atoms with E-state index in [0.29, 0.717) is 5.56 Å². The molecular formula is C23H24N2O. The number of rotatable bonds is 4. The first-order valence-electron chi connectivity index (χ1n) is 9.39. The molecule has 0 bridgehead atoms. The van der Waals surface area contributed by atoms with Gasteiger partial charge in [0, 0.05) is 17.8 Å². The molecular weight excluding hydrogens is 320 g/mol. The van der Waals surface area contributed by atoms with E-state index in [-0.39, 0.29) is 5.91 Å². The standard InChI is InChI=1S/C23H24N2O/c26-23(24-22-13-12-19-6-2-3-7-21(19)16-22)20-10-8-18(9-11-20)17-25-14-4-1-5-15-25/h2-3,6-13,16H,1,4-5,14-15,17H2,(H,24,26). The SMILES string of the molecule is O=C(Nc1ccc2ccccc2c1)c1ccc(CN2CCCCC2)cc1. The van der Waals surface area contributed by atoms with Crippen LogP contribution in [0.5, 0.6) is 0 Å². The summed E-state index contributed by atoms with van der Waals surface area (Å²) in [5.74, 6) is -0.0650. The molecule has 1 N–H and O–H groups in total. The molecule has 0 saturated carbocycles. The van der Waals surface area contributed by atoms with Gasteiger partial charge in [0.15, 0.2) is 0 Å². The Morgan fingerprint density at radius 1 is 0.846 bits per heavy atom. The third-order valence-corrected chi connectivity index (χ3v) is 5.08. The summed E-state index contributed by atoms with van der Waals surface area (Å²) in [6.07, 6.45) is 3.95. The van der Waals surface area contributed by atoms with E-state index < -0.39 is 0 Å². The maximum Gasteiger partial charge on any atom is 0.255 e. The van der Waals surface area contributed by atoms with Crippen molar-refractivity contribution in [3.05, 3.63) is 77.9 Å². The van der Waals surface area contributed by atoms with Crippen LogP contribution in [0, 0.1) is 0 Å². The molecule has 1 fully saturated rings. The highest BCUT2D eigenvalue weighted by atomic mass is 16.1. The Hall–Kier alpha value is -2.65. The number of nitrogens with one attached hydrogen (secondary N) is 1. The molecule has 0 aliphatic carbocycles. The van der Waals surface area contributed by atoms with E-state index in [1.165, 1.54) is 43.3 Å². The van der Waals surface area contributed by atoms with E-state index in [4.69, 9.17) is 0 Å². The Balaban J connectivity index is 1.42. The molecule has 0 unspecified atom stereocenters. The molecule has 26 heavy (non-hydrogen) atoms. The van der Waals surface area contributed by atoms with Gasteiger partial charge in [0.1, 0.15) is 0 Å². The lowest BCUT2D eigenvalue weighted by Crippen LogP contribution is -2.29. The first-order chi connectivity index (χ1) is 12.8. The van der Waals surface area contributed by atoms with Crippen molar-refractivity contribution in [1.29, 1.82) is 0 Å². The van der Waals surface area contributed by atoms with Crippen molar-refractivity contribution in [3.8, 4) is 0 Å². The van der Waals surface area contributed by atoms with Crippen LogP contribution in [0.2, 0.25) is 0 Å². The first kappa shape index (κ1) is 16.8. The van der Waals surface area contributed by atoms with E-state index in [9.17, 15) is 4.79 Å². The molecule has 3 nitrogen and oxygen atoms in total. The molecule has 3 aromatic rings. The zero-order chi connectivity index (χ0) is 17.8. The predicted molar refractivity (Wildman–Crippen MR) is 107 cm³/mol. The Kier molecular flexibility index (Phi) is 4.98. The molecule has 1 amide bonds. The van der Waals surface area contributed by atoms with Gasteiger partial charge in [0.05, 0.1) is 0 Å². The average Bonchev–Trinajstić information content (AvgIpc) is 2.69. The second kappa shape index (κ2) is 7.71. The topological polar surface area (TPSA) is 32.3 Å². The fourth-order valence-electron chi connectivity index (χ4n) is 3.61. The van der Waals surface area contributed by atoms with Gasteiger partial charge in [-0.3, -0.25) is 9.69 Å². The molecule has 4 rings (SSSR count). The monoisotopic (exact) mass is 344 g/mol. The highest BCUT2D eigenvalue weighted by Gasteiger charge is 2.11. The van der Waals surface area contributed by atoms with Crippen molar-refractivity contribution >= 4 is 22.4 Å². The summed E-state index contributed by atoms with van der Waals surface area (Å²) < 4.78 is 0. The summed E-state index contributed by atoms with van der Waals surface area (Å²) in [7, 11) is 0. The van der Waals surface area contributed by atoms with Crippen LogP contribution in [0.1, 0.15) is 35.2 Å². The highest BCUT2D eigenvalue weighted by Crippen LogP contribution is 2.20. The Labute approximate surface area is 154 Å². The highest BCUT2D eigenvalue weighted by molar-refractivity contribution is 6.05. The molecule has 1 heterocycles. The van der Waals surface area contributed by atoms with Gasteiger partial charge in [-0.1, -0.05) is 48.9 Å². The molecule has 1 saturated heterocycles. The third-order valence-electron chi connectivity index (χ3n) is 5.08. The second-order valence-electron chi connectivity index (χ2n) is 7.05. The number of piperidine rings is 1. The summed E-state index contributed by atoms with van der Waals surface area (Å²) >= 11 is 0. The van der Waals surface area contributed by atoms with Gasteiger partial charge >= 0.3 is 0 Å². The quantitative estimate of drug-likeness (QED) is 0.716. The molecule has 1 aliphatic rings. The van der Waals surface area contributed by atoms with Crippen LogP contribution in [0.4, 0.5) is 5.69 Å². The Morgan fingerprint density at radius 2 is 1.58 bits per heavy atom. The van der Waals surface area contributed by atoms with Crippen LogP contribution < -0.4 is 5.32 Å². The molecule has 3 aromatic carbocycles. The van der Waals surface area contributed by atoms with Crippen molar-refractivity contribution in [2.75, 3.05) is 18.4 Å². The number of fused-ring (bicyclic) bond motifs is 1. The Morgan fingerprint density at radius 3 is 2.35 bits per heavy atom. The minimum absolute atomic E-state index is 0.0650. The summed E-state index contributed by atoms with van der Waals surface area (Å²) in [6, 6.07) is 22.2. The summed E-state index contributed by atoms with van der Waals surface area (Å²) in [5, 5.41) is 5.30. The van der Waals surface area contributed by atoms with Crippen molar-refractivity contribution < 1.29 is 4.79 Å². The lowest BCUT2D eigenvalue weighted by molar-refractivity contribution is 0.102. The molecule has 132 valence electrons. The number of benzene rings is 3. The minimum Gasteiger partial charge on any atom is -0.322 e. The summed E-state index contributed by atoms with van der Waals surface area (Å²) in [6.45, 7) is 3.35. The van der Waals surface area contributed by atoms with E-state index in [1.54, 1.807) is 0 Å². The second-order valence-corrected chi connectivity index (χ2v) is 7.05. The van der Waals surface area contributed by atoms with Gasteiger partial charge in [-0.05, 0) is 66.5 Å². The maximum absolute atomic E-state index is 12.5. The van der Waals surface area contributed by atoms with Crippen molar-refractivity contribution in [2.45, 2.75) is 25.8 Å². The van der Waals surface area contributed by atoms with Gasteiger partial charge in [0.25, 0.3) is 5.91 Å². The fourth-order valence-corrected chi connectivity index (χ4v) is 3.61. The lowest BCUT2D eigenvalue weighted by atomic mass is 10.1. The van der Waals surface area contributed by atoms with Crippen LogP contribution in [-0.4, -0.2) is 23.9 Å².